The molecular weight excluding hydrogens is 436 g/mol. The highest BCUT2D eigenvalue weighted by Crippen LogP contribution is 2.37. The minimum atomic E-state index is -3.89. The third kappa shape index (κ3) is 4.51. The number of fused-ring (bicyclic) bond motifs is 1. The maximum Gasteiger partial charge on any atom is 0.261 e. The number of amides is 1. The molecule has 0 saturated heterocycles. The molecule has 0 fully saturated rings. The number of nitrogens with zero attached hydrogens (tertiary/aromatic N) is 1. The fraction of sp³-hybridized carbons (Fsp3) is 0.269. The van der Waals surface area contributed by atoms with Crippen molar-refractivity contribution in [2.45, 2.75) is 32.1 Å². The quantitative estimate of drug-likeness (QED) is 0.589. The maximum absolute atomic E-state index is 13.7. The van der Waals surface area contributed by atoms with E-state index in [1.165, 1.54) is 12.1 Å². The molecule has 4 rings (SSSR count). The molecule has 1 amide bonds. The number of para-hydroxylation sites is 2. The third-order valence-electron chi connectivity index (χ3n) is 6.21. The Morgan fingerprint density at radius 1 is 1.03 bits per heavy atom. The van der Waals surface area contributed by atoms with Gasteiger partial charge >= 0.3 is 0 Å². The van der Waals surface area contributed by atoms with Crippen molar-refractivity contribution in [1.82, 2.24) is 0 Å². The minimum Gasteiger partial charge on any atom is -0.396 e. The molecular formula is C26H28N2O4S. The Kier molecular flexibility index (Phi) is 6.03. The van der Waals surface area contributed by atoms with E-state index in [9.17, 15) is 18.3 Å². The van der Waals surface area contributed by atoms with Crippen molar-refractivity contribution < 1.29 is 18.3 Å². The first kappa shape index (κ1) is 23.0. The lowest BCUT2D eigenvalue weighted by Crippen LogP contribution is -2.47. The number of aliphatic hydroxyl groups excluding tert-OH is 1. The summed E-state index contributed by atoms with van der Waals surface area (Å²) in [5, 5.41) is 9.99. The van der Waals surface area contributed by atoms with Gasteiger partial charge in [0.15, 0.2) is 0 Å². The number of carbonyl (C=O) groups is 1. The standard InChI is InChI=1S/C26H28N2O4S/c1-18-12-13-21(33(31,32)27-23-10-6-4-8-19(23)2)14-22(18)25(30)28-16-26(3,17-29)15-20-9-5-7-11-24(20)28/h4-14,27,29H,15-17H2,1-3H3. The van der Waals surface area contributed by atoms with Gasteiger partial charge in [0.05, 0.1) is 17.2 Å². The summed E-state index contributed by atoms with van der Waals surface area (Å²) in [6, 6.07) is 19.4. The summed E-state index contributed by atoms with van der Waals surface area (Å²) >= 11 is 0. The van der Waals surface area contributed by atoms with E-state index in [2.05, 4.69) is 4.72 Å². The number of benzene rings is 3. The van der Waals surface area contributed by atoms with Gasteiger partial charge in [-0.1, -0.05) is 49.4 Å². The highest BCUT2D eigenvalue weighted by Gasteiger charge is 2.37. The van der Waals surface area contributed by atoms with Gasteiger partial charge in [-0.3, -0.25) is 9.52 Å². The summed E-state index contributed by atoms with van der Waals surface area (Å²) in [4.78, 5) is 15.4. The Morgan fingerprint density at radius 2 is 1.73 bits per heavy atom. The van der Waals surface area contributed by atoms with Gasteiger partial charge in [-0.2, -0.15) is 0 Å². The normalized spacial score (nSPS) is 18.0. The molecule has 0 aromatic heterocycles. The Balaban J connectivity index is 1.72. The van der Waals surface area contributed by atoms with Crippen molar-refractivity contribution in [3.8, 4) is 0 Å². The smallest absolute Gasteiger partial charge is 0.261 e. The second kappa shape index (κ2) is 8.65. The molecule has 7 heteroatoms. The molecule has 1 unspecified atom stereocenters. The largest absolute Gasteiger partial charge is 0.396 e. The Bertz CT molecular complexity index is 1320. The first-order valence-electron chi connectivity index (χ1n) is 10.8. The Morgan fingerprint density at radius 3 is 2.45 bits per heavy atom. The van der Waals surface area contributed by atoms with E-state index < -0.39 is 15.4 Å². The zero-order valence-corrected chi connectivity index (χ0v) is 19.8. The minimum absolute atomic E-state index is 0.0231. The van der Waals surface area contributed by atoms with E-state index in [1.54, 1.807) is 30.0 Å². The topological polar surface area (TPSA) is 86.7 Å². The predicted molar refractivity (Wildman–Crippen MR) is 130 cm³/mol. The molecule has 0 bridgehead atoms. The second-order valence-electron chi connectivity index (χ2n) is 9.06. The van der Waals surface area contributed by atoms with Crippen LogP contribution in [0.3, 0.4) is 0 Å². The molecule has 1 aliphatic rings. The first-order valence-corrected chi connectivity index (χ1v) is 12.3. The van der Waals surface area contributed by atoms with E-state index in [4.69, 9.17) is 0 Å². The molecule has 2 N–H and O–H groups in total. The van der Waals surface area contributed by atoms with E-state index in [1.807, 2.05) is 50.2 Å². The van der Waals surface area contributed by atoms with Crippen molar-refractivity contribution in [2.24, 2.45) is 5.41 Å². The number of nitrogens with one attached hydrogen (secondary N) is 1. The van der Waals surface area contributed by atoms with Crippen molar-refractivity contribution in [3.63, 3.8) is 0 Å². The van der Waals surface area contributed by atoms with E-state index in [0.29, 0.717) is 29.8 Å². The third-order valence-corrected chi connectivity index (χ3v) is 7.57. The number of rotatable bonds is 5. The number of carbonyl (C=O) groups excluding carboxylic acids is 1. The van der Waals surface area contributed by atoms with Gasteiger partial charge in [-0.15, -0.1) is 0 Å². The lowest BCUT2D eigenvalue weighted by atomic mass is 9.79. The zero-order valence-electron chi connectivity index (χ0n) is 19.0. The van der Waals surface area contributed by atoms with Crippen LogP contribution in [0.25, 0.3) is 0 Å². The lowest BCUT2D eigenvalue weighted by molar-refractivity contribution is 0.0936. The summed E-state index contributed by atoms with van der Waals surface area (Å²) in [5.41, 5.74) is 3.60. The van der Waals surface area contributed by atoms with Gasteiger partial charge < -0.3 is 10.0 Å². The average Bonchev–Trinajstić information content (AvgIpc) is 2.79. The first-order chi connectivity index (χ1) is 15.6. The lowest BCUT2D eigenvalue weighted by Gasteiger charge is -2.40. The van der Waals surface area contributed by atoms with E-state index in [-0.39, 0.29) is 17.4 Å². The summed E-state index contributed by atoms with van der Waals surface area (Å²) in [6.07, 6.45) is 0.664. The van der Waals surface area contributed by atoms with Gasteiger partial charge in [0.1, 0.15) is 0 Å². The number of aryl methyl sites for hydroxylation is 2. The Labute approximate surface area is 194 Å². The molecule has 0 saturated carbocycles. The van der Waals surface area contributed by atoms with Crippen molar-refractivity contribution in [3.05, 3.63) is 89.0 Å². The number of hydrogen-bond donors (Lipinski definition) is 2. The summed E-state index contributed by atoms with van der Waals surface area (Å²) in [7, 11) is -3.89. The van der Waals surface area contributed by atoms with Gasteiger partial charge in [0.2, 0.25) is 0 Å². The number of hydrogen-bond acceptors (Lipinski definition) is 4. The SMILES string of the molecule is Cc1ccccc1NS(=O)(=O)c1ccc(C)c(C(=O)N2CC(C)(CO)Cc3ccccc32)c1. The monoisotopic (exact) mass is 464 g/mol. The van der Waals surface area contributed by atoms with Crippen molar-refractivity contribution in [1.29, 1.82) is 0 Å². The molecule has 6 nitrogen and oxygen atoms in total. The Hall–Kier alpha value is -3.16. The van der Waals surface area contributed by atoms with E-state index >= 15 is 0 Å². The molecule has 3 aromatic carbocycles. The summed E-state index contributed by atoms with van der Waals surface area (Å²) < 4.78 is 28.8. The predicted octanol–water partition coefficient (Wildman–Crippen LogP) is 4.31. The molecule has 0 aliphatic carbocycles. The summed E-state index contributed by atoms with van der Waals surface area (Å²) in [6.45, 7) is 5.85. The fourth-order valence-electron chi connectivity index (χ4n) is 4.23. The number of sulfonamides is 1. The maximum atomic E-state index is 13.7. The van der Waals surface area contributed by atoms with Crippen LogP contribution in [0.4, 0.5) is 11.4 Å². The molecule has 0 spiro atoms. The number of aliphatic hydroxyl groups is 1. The molecule has 1 atom stereocenters. The van der Waals surface area contributed by atoms with Gasteiger partial charge in [-0.05, 0) is 61.2 Å². The molecule has 0 radical (unpaired) electrons. The van der Waals surface area contributed by atoms with Crippen LogP contribution in [-0.4, -0.2) is 32.6 Å². The molecule has 1 aliphatic heterocycles. The highest BCUT2D eigenvalue weighted by atomic mass is 32.2. The van der Waals surface area contributed by atoms with E-state index in [0.717, 1.165) is 16.8 Å². The van der Waals surface area contributed by atoms with Crippen LogP contribution >= 0.6 is 0 Å². The van der Waals surface area contributed by atoms with Gasteiger partial charge in [-0.25, -0.2) is 8.42 Å². The molecule has 33 heavy (non-hydrogen) atoms. The highest BCUT2D eigenvalue weighted by molar-refractivity contribution is 7.92. The molecule has 3 aromatic rings. The number of anilines is 2. The van der Waals surface area contributed by atoms with Crippen molar-refractivity contribution in [2.75, 3.05) is 22.8 Å². The van der Waals surface area contributed by atoms with Gasteiger partial charge in [0, 0.05) is 23.2 Å². The van der Waals surface area contributed by atoms with Crippen LogP contribution < -0.4 is 9.62 Å². The van der Waals surface area contributed by atoms with Crippen LogP contribution in [0, 0.1) is 19.3 Å². The van der Waals surface area contributed by atoms with Crippen LogP contribution in [0.2, 0.25) is 0 Å². The zero-order chi connectivity index (χ0) is 23.8. The van der Waals surface area contributed by atoms with Crippen LogP contribution in [-0.2, 0) is 16.4 Å². The summed E-state index contributed by atoms with van der Waals surface area (Å²) in [5.74, 6) is -0.285. The fourth-order valence-corrected chi connectivity index (χ4v) is 5.39. The second-order valence-corrected chi connectivity index (χ2v) is 10.7. The van der Waals surface area contributed by atoms with Gasteiger partial charge in [0.25, 0.3) is 15.9 Å². The van der Waals surface area contributed by atoms with Crippen LogP contribution in [0.5, 0.6) is 0 Å². The molecule has 172 valence electrons. The molecule has 1 heterocycles. The average molecular weight is 465 g/mol. The van der Waals surface area contributed by atoms with Crippen LogP contribution in [0.15, 0.2) is 71.6 Å². The van der Waals surface area contributed by atoms with Crippen molar-refractivity contribution >= 4 is 27.3 Å². The van der Waals surface area contributed by atoms with Crippen LogP contribution in [0.1, 0.15) is 34.0 Å².